The third-order valence-corrected chi connectivity index (χ3v) is 3.18. The molecule has 1 aliphatic rings. The van der Waals surface area contributed by atoms with Crippen LogP contribution >= 0.6 is 0 Å². The lowest BCUT2D eigenvalue weighted by atomic mass is 10.0. The van der Waals surface area contributed by atoms with Crippen molar-refractivity contribution in [2.24, 2.45) is 18.7 Å². The van der Waals surface area contributed by atoms with E-state index in [1.807, 2.05) is 11.6 Å². The summed E-state index contributed by atoms with van der Waals surface area (Å²) in [6, 6.07) is 0. The molecule has 0 spiro atoms. The summed E-state index contributed by atoms with van der Waals surface area (Å²) in [5, 5.41) is 8.25. The molecule has 4 nitrogen and oxygen atoms in total. The minimum atomic E-state index is 0.480. The SMILES string of the molecule is Cn1c(CN)nnc1CC1CCCC1. The topological polar surface area (TPSA) is 56.7 Å². The molecule has 0 saturated heterocycles. The Hall–Kier alpha value is -0.900. The van der Waals surface area contributed by atoms with Gasteiger partial charge in [0.1, 0.15) is 11.6 Å². The summed E-state index contributed by atoms with van der Waals surface area (Å²) in [6.45, 7) is 0.480. The van der Waals surface area contributed by atoms with Gasteiger partial charge in [-0.2, -0.15) is 0 Å². The Morgan fingerprint density at radius 3 is 2.50 bits per heavy atom. The number of hydrogen-bond acceptors (Lipinski definition) is 3. The molecule has 14 heavy (non-hydrogen) atoms. The number of rotatable bonds is 3. The van der Waals surface area contributed by atoms with E-state index in [2.05, 4.69) is 10.2 Å². The van der Waals surface area contributed by atoms with Crippen molar-refractivity contribution >= 4 is 0 Å². The molecule has 0 aliphatic heterocycles. The van der Waals surface area contributed by atoms with Crippen LogP contribution in [0.4, 0.5) is 0 Å². The van der Waals surface area contributed by atoms with Crippen molar-refractivity contribution in [3.05, 3.63) is 11.6 Å². The van der Waals surface area contributed by atoms with E-state index in [9.17, 15) is 0 Å². The van der Waals surface area contributed by atoms with Gasteiger partial charge in [-0.1, -0.05) is 25.7 Å². The van der Waals surface area contributed by atoms with Gasteiger partial charge in [0, 0.05) is 13.5 Å². The minimum Gasteiger partial charge on any atom is -0.324 e. The lowest BCUT2D eigenvalue weighted by molar-refractivity contribution is 0.518. The van der Waals surface area contributed by atoms with E-state index in [4.69, 9.17) is 5.73 Å². The molecule has 4 heteroatoms. The molecule has 1 aromatic heterocycles. The first-order chi connectivity index (χ1) is 6.81. The second kappa shape index (κ2) is 4.09. The van der Waals surface area contributed by atoms with Crippen LogP contribution < -0.4 is 5.73 Å². The Kier molecular flexibility index (Phi) is 2.82. The van der Waals surface area contributed by atoms with Crippen molar-refractivity contribution in [2.45, 2.75) is 38.6 Å². The van der Waals surface area contributed by atoms with Gasteiger partial charge >= 0.3 is 0 Å². The van der Waals surface area contributed by atoms with Crippen LogP contribution in [0, 0.1) is 5.92 Å². The van der Waals surface area contributed by atoms with Crippen molar-refractivity contribution in [1.29, 1.82) is 0 Å². The van der Waals surface area contributed by atoms with Crippen LogP contribution in [-0.2, 0) is 20.0 Å². The molecule has 1 heterocycles. The monoisotopic (exact) mass is 194 g/mol. The largest absolute Gasteiger partial charge is 0.324 e. The Labute approximate surface area is 84.5 Å². The third kappa shape index (κ3) is 1.80. The summed E-state index contributed by atoms with van der Waals surface area (Å²) < 4.78 is 2.04. The fourth-order valence-corrected chi connectivity index (χ4v) is 2.23. The molecule has 1 saturated carbocycles. The average molecular weight is 194 g/mol. The van der Waals surface area contributed by atoms with Crippen LogP contribution in [-0.4, -0.2) is 14.8 Å². The predicted molar refractivity (Wildman–Crippen MR) is 54.6 cm³/mol. The van der Waals surface area contributed by atoms with Crippen molar-refractivity contribution in [1.82, 2.24) is 14.8 Å². The van der Waals surface area contributed by atoms with Gasteiger partial charge in [0.15, 0.2) is 0 Å². The number of hydrogen-bond donors (Lipinski definition) is 1. The van der Waals surface area contributed by atoms with Gasteiger partial charge in [-0.3, -0.25) is 0 Å². The smallest absolute Gasteiger partial charge is 0.146 e. The van der Waals surface area contributed by atoms with E-state index in [-0.39, 0.29) is 0 Å². The van der Waals surface area contributed by atoms with Crippen LogP contribution in [0.3, 0.4) is 0 Å². The standard InChI is InChI=1S/C10H18N4/c1-14-9(12-13-10(14)7-11)6-8-4-2-3-5-8/h8H,2-7,11H2,1H3. The summed E-state index contributed by atoms with van der Waals surface area (Å²) in [4.78, 5) is 0. The second-order valence-electron chi connectivity index (χ2n) is 4.15. The maximum atomic E-state index is 5.55. The molecule has 78 valence electrons. The van der Waals surface area contributed by atoms with E-state index in [1.54, 1.807) is 0 Å². The zero-order valence-corrected chi connectivity index (χ0v) is 8.74. The van der Waals surface area contributed by atoms with Crippen molar-refractivity contribution in [3.8, 4) is 0 Å². The summed E-state index contributed by atoms with van der Waals surface area (Å²) in [5.74, 6) is 2.80. The van der Waals surface area contributed by atoms with Gasteiger partial charge in [-0.25, -0.2) is 0 Å². The molecule has 1 fully saturated rings. The molecule has 2 rings (SSSR count). The van der Waals surface area contributed by atoms with E-state index in [1.165, 1.54) is 25.7 Å². The van der Waals surface area contributed by atoms with Crippen LogP contribution in [0.25, 0.3) is 0 Å². The zero-order valence-electron chi connectivity index (χ0n) is 8.74. The molecule has 0 amide bonds. The van der Waals surface area contributed by atoms with E-state index >= 15 is 0 Å². The van der Waals surface area contributed by atoms with E-state index < -0.39 is 0 Å². The summed E-state index contributed by atoms with van der Waals surface area (Å²) >= 11 is 0. The highest BCUT2D eigenvalue weighted by Gasteiger charge is 2.18. The lowest BCUT2D eigenvalue weighted by Crippen LogP contribution is -2.09. The molecule has 0 atom stereocenters. The average Bonchev–Trinajstić information content (AvgIpc) is 2.79. The lowest BCUT2D eigenvalue weighted by Gasteiger charge is -2.07. The van der Waals surface area contributed by atoms with Gasteiger partial charge in [-0.15, -0.1) is 10.2 Å². The first kappa shape index (κ1) is 9.65. The summed E-state index contributed by atoms with van der Waals surface area (Å²) in [5.41, 5.74) is 5.55. The zero-order chi connectivity index (χ0) is 9.97. The molecular weight excluding hydrogens is 176 g/mol. The van der Waals surface area contributed by atoms with Gasteiger partial charge in [0.25, 0.3) is 0 Å². The highest BCUT2D eigenvalue weighted by Crippen LogP contribution is 2.27. The quantitative estimate of drug-likeness (QED) is 0.781. The Bertz CT molecular complexity index is 299. The van der Waals surface area contributed by atoms with Crippen LogP contribution in [0.2, 0.25) is 0 Å². The molecule has 0 unspecified atom stereocenters. The van der Waals surface area contributed by atoms with E-state index in [0.717, 1.165) is 24.0 Å². The second-order valence-corrected chi connectivity index (χ2v) is 4.15. The molecule has 2 N–H and O–H groups in total. The maximum absolute atomic E-state index is 5.55. The molecular formula is C10H18N4. The highest BCUT2D eigenvalue weighted by atomic mass is 15.3. The molecule has 1 aliphatic carbocycles. The molecule has 0 radical (unpaired) electrons. The van der Waals surface area contributed by atoms with Crippen molar-refractivity contribution < 1.29 is 0 Å². The molecule has 1 aromatic rings. The number of nitrogens with two attached hydrogens (primary N) is 1. The Morgan fingerprint density at radius 2 is 1.93 bits per heavy atom. The Morgan fingerprint density at radius 1 is 1.29 bits per heavy atom. The number of nitrogens with zero attached hydrogens (tertiary/aromatic N) is 3. The van der Waals surface area contributed by atoms with Crippen molar-refractivity contribution in [3.63, 3.8) is 0 Å². The van der Waals surface area contributed by atoms with E-state index in [0.29, 0.717) is 6.54 Å². The first-order valence-electron chi connectivity index (χ1n) is 5.38. The summed E-state index contributed by atoms with van der Waals surface area (Å²) in [6.07, 6.45) is 6.54. The summed E-state index contributed by atoms with van der Waals surface area (Å²) in [7, 11) is 2.01. The third-order valence-electron chi connectivity index (χ3n) is 3.18. The number of aromatic nitrogens is 3. The normalized spacial score (nSPS) is 17.9. The fraction of sp³-hybridized carbons (Fsp3) is 0.800. The molecule has 0 aromatic carbocycles. The van der Waals surface area contributed by atoms with Gasteiger partial charge in [0.2, 0.25) is 0 Å². The van der Waals surface area contributed by atoms with Gasteiger partial charge < -0.3 is 10.3 Å². The minimum absolute atomic E-state index is 0.480. The van der Waals surface area contributed by atoms with Crippen LogP contribution in [0.15, 0.2) is 0 Å². The predicted octanol–water partition coefficient (Wildman–Crippen LogP) is 1.01. The Balaban J connectivity index is 2.04. The fourth-order valence-electron chi connectivity index (χ4n) is 2.23. The van der Waals surface area contributed by atoms with Gasteiger partial charge in [-0.05, 0) is 5.92 Å². The van der Waals surface area contributed by atoms with Crippen LogP contribution in [0.5, 0.6) is 0 Å². The van der Waals surface area contributed by atoms with Crippen LogP contribution in [0.1, 0.15) is 37.3 Å². The maximum Gasteiger partial charge on any atom is 0.146 e. The molecule has 0 bridgehead atoms. The highest BCUT2D eigenvalue weighted by molar-refractivity contribution is 4.96. The van der Waals surface area contributed by atoms with Crippen molar-refractivity contribution in [2.75, 3.05) is 0 Å². The first-order valence-corrected chi connectivity index (χ1v) is 5.38. The van der Waals surface area contributed by atoms with Gasteiger partial charge in [0.05, 0.1) is 6.54 Å².